The van der Waals surface area contributed by atoms with E-state index in [0.29, 0.717) is 16.9 Å². The van der Waals surface area contributed by atoms with Crippen LogP contribution in [0.1, 0.15) is 16.2 Å². The molecule has 0 bridgehead atoms. The molecule has 1 aromatic heterocycles. The number of carbonyl (C=O) groups is 1. The molecule has 0 radical (unpaired) electrons. The van der Waals surface area contributed by atoms with Crippen molar-refractivity contribution in [3.05, 3.63) is 73.0 Å². The molecule has 9 nitrogen and oxygen atoms in total. The first-order valence-electron chi connectivity index (χ1n) is 6.92. The van der Waals surface area contributed by atoms with E-state index < -0.39 is 32.2 Å². The molecule has 10 heteroatoms. The van der Waals surface area contributed by atoms with Gasteiger partial charge in [-0.15, -0.1) is 0 Å². The second-order valence-corrected chi connectivity index (χ2v) is 5.51. The first-order valence-corrected chi connectivity index (χ1v) is 7.30. The van der Waals surface area contributed by atoms with E-state index in [1.54, 1.807) is 31.2 Å². The number of aromatic nitrogens is 2. The van der Waals surface area contributed by atoms with Gasteiger partial charge in [0.1, 0.15) is 10.8 Å². The maximum atomic E-state index is 12.9. The average molecular weight is 361 g/mol. The molecule has 0 saturated carbocycles. The molecule has 1 heterocycles. The molecule has 126 valence electrons. The average Bonchev–Trinajstić information content (AvgIpc) is 2.89. The van der Waals surface area contributed by atoms with Crippen LogP contribution < -0.4 is 0 Å². The highest BCUT2D eigenvalue weighted by atomic mass is 35.5. The largest absolute Gasteiger partial charge is 0.295 e. The van der Waals surface area contributed by atoms with Crippen LogP contribution in [0.5, 0.6) is 0 Å². The van der Waals surface area contributed by atoms with Gasteiger partial charge in [-0.05, 0) is 19.1 Å². The molecule has 0 aliphatic rings. The lowest BCUT2D eigenvalue weighted by atomic mass is 10.1. The number of nitro groups is 2. The van der Waals surface area contributed by atoms with E-state index in [1.165, 1.54) is 4.57 Å². The first-order chi connectivity index (χ1) is 11.8. The highest BCUT2D eigenvalue weighted by molar-refractivity contribution is 6.36. The van der Waals surface area contributed by atoms with Crippen molar-refractivity contribution in [1.29, 1.82) is 0 Å². The summed E-state index contributed by atoms with van der Waals surface area (Å²) in [5, 5.41) is 21.7. The molecule has 0 aliphatic carbocycles. The third-order valence-electron chi connectivity index (χ3n) is 3.61. The monoisotopic (exact) mass is 360 g/mol. The van der Waals surface area contributed by atoms with Crippen LogP contribution in [0.2, 0.25) is 5.02 Å². The van der Waals surface area contributed by atoms with Crippen molar-refractivity contribution in [3.8, 4) is 0 Å². The number of halogens is 1. The Hall–Kier alpha value is -3.33. The highest BCUT2D eigenvalue weighted by Crippen LogP contribution is 2.34. The number of nitrogens with zero attached hydrogens (tertiary/aromatic N) is 4. The lowest BCUT2D eigenvalue weighted by Gasteiger charge is -2.08. The standard InChI is InChI=1S/C15H9ClN4O5/c1-8-17-11-4-2-3-5-12(11)18(8)15(21)10-6-9(19(22)23)7-13(14(10)16)20(24)25/h2-7H,1H3. The van der Waals surface area contributed by atoms with Gasteiger partial charge in [0, 0.05) is 6.07 Å². The van der Waals surface area contributed by atoms with Crippen molar-refractivity contribution >= 4 is 39.9 Å². The van der Waals surface area contributed by atoms with Crippen LogP contribution in [0.4, 0.5) is 11.4 Å². The maximum Gasteiger partial charge on any atom is 0.295 e. The quantitative estimate of drug-likeness (QED) is 0.520. The van der Waals surface area contributed by atoms with E-state index >= 15 is 0 Å². The normalized spacial score (nSPS) is 10.8. The Morgan fingerprint density at radius 2 is 1.84 bits per heavy atom. The molecule has 0 unspecified atom stereocenters. The van der Waals surface area contributed by atoms with Gasteiger partial charge in [0.05, 0.1) is 32.5 Å². The van der Waals surface area contributed by atoms with Gasteiger partial charge in [-0.25, -0.2) is 4.98 Å². The van der Waals surface area contributed by atoms with Gasteiger partial charge >= 0.3 is 0 Å². The van der Waals surface area contributed by atoms with E-state index in [-0.39, 0.29) is 5.56 Å². The van der Waals surface area contributed by atoms with Crippen LogP contribution >= 0.6 is 11.6 Å². The summed E-state index contributed by atoms with van der Waals surface area (Å²) in [6.07, 6.45) is 0. The molecule has 2 aromatic carbocycles. The number of nitro benzene ring substituents is 2. The lowest BCUT2D eigenvalue weighted by Crippen LogP contribution is -2.15. The Morgan fingerprint density at radius 1 is 1.16 bits per heavy atom. The van der Waals surface area contributed by atoms with Crippen molar-refractivity contribution in [2.45, 2.75) is 6.92 Å². The van der Waals surface area contributed by atoms with Crippen molar-refractivity contribution in [3.63, 3.8) is 0 Å². The van der Waals surface area contributed by atoms with E-state index in [9.17, 15) is 25.0 Å². The van der Waals surface area contributed by atoms with Crippen LogP contribution in [-0.2, 0) is 0 Å². The SMILES string of the molecule is Cc1nc2ccccc2n1C(=O)c1cc([N+](=O)[O-])cc([N+](=O)[O-])c1Cl. The molecule has 0 fully saturated rings. The Bertz CT molecular complexity index is 1060. The third kappa shape index (κ3) is 2.70. The molecule has 0 N–H and O–H groups in total. The molecule has 3 rings (SSSR count). The summed E-state index contributed by atoms with van der Waals surface area (Å²) in [4.78, 5) is 37.6. The van der Waals surface area contributed by atoms with Crippen molar-refractivity contribution in [2.24, 2.45) is 0 Å². The lowest BCUT2D eigenvalue weighted by molar-refractivity contribution is -0.394. The molecule has 25 heavy (non-hydrogen) atoms. The number of hydrogen-bond donors (Lipinski definition) is 0. The Labute approximate surface area is 144 Å². The molecule has 0 amide bonds. The zero-order valence-corrected chi connectivity index (χ0v) is 13.4. The van der Waals surface area contributed by atoms with Crippen LogP contribution in [0.15, 0.2) is 36.4 Å². The minimum absolute atomic E-state index is 0.330. The fourth-order valence-electron chi connectivity index (χ4n) is 2.51. The summed E-state index contributed by atoms with van der Waals surface area (Å²) in [5.74, 6) is -0.403. The second kappa shape index (κ2) is 5.95. The zero-order chi connectivity index (χ0) is 18.3. The molecular formula is C15H9ClN4O5. The molecule has 0 saturated heterocycles. The summed E-state index contributed by atoms with van der Waals surface area (Å²) in [5.41, 5.74) is -0.628. The number of non-ortho nitro benzene ring substituents is 1. The highest BCUT2D eigenvalue weighted by Gasteiger charge is 2.28. The van der Waals surface area contributed by atoms with E-state index in [0.717, 1.165) is 12.1 Å². The molecule has 3 aromatic rings. The number of aryl methyl sites for hydroxylation is 1. The maximum absolute atomic E-state index is 12.9. The first kappa shape index (κ1) is 16.5. The predicted molar refractivity (Wildman–Crippen MR) is 89.0 cm³/mol. The van der Waals surface area contributed by atoms with Gasteiger partial charge in [-0.1, -0.05) is 23.7 Å². The number of para-hydroxylation sites is 2. The van der Waals surface area contributed by atoms with Crippen LogP contribution in [0.3, 0.4) is 0 Å². The van der Waals surface area contributed by atoms with E-state index in [2.05, 4.69) is 4.98 Å². The van der Waals surface area contributed by atoms with Crippen molar-refractivity contribution < 1.29 is 14.6 Å². The van der Waals surface area contributed by atoms with Gasteiger partial charge in [0.15, 0.2) is 0 Å². The number of fused-ring (bicyclic) bond motifs is 1. The van der Waals surface area contributed by atoms with Crippen molar-refractivity contribution in [2.75, 3.05) is 0 Å². The Kier molecular flexibility index (Phi) is 3.93. The summed E-state index contributed by atoms with van der Waals surface area (Å²) < 4.78 is 1.21. The van der Waals surface area contributed by atoms with Crippen LogP contribution in [0.25, 0.3) is 11.0 Å². The Morgan fingerprint density at radius 3 is 2.48 bits per heavy atom. The zero-order valence-electron chi connectivity index (χ0n) is 12.7. The summed E-state index contributed by atoms with van der Waals surface area (Å²) in [7, 11) is 0. The molecule has 0 spiro atoms. The van der Waals surface area contributed by atoms with Gasteiger partial charge in [-0.3, -0.25) is 29.6 Å². The molecule has 0 atom stereocenters. The number of hydrogen-bond acceptors (Lipinski definition) is 6. The fraction of sp³-hybridized carbons (Fsp3) is 0.0667. The molecule has 0 aliphatic heterocycles. The van der Waals surface area contributed by atoms with Gasteiger partial charge in [0.25, 0.3) is 17.3 Å². The van der Waals surface area contributed by atoms with E-state index in [4.69, 9.17) is 11.6 Å². The van der Waals surface area contributed by atoms with Gasteiger partial charge in [0.2, 0.25) is 0 Å². The smallest absolute Gasteiger partial charge is 0.268 e. The summed E-state index contributed by atoms with van der Waals surface area (Å²) >= 11 is 5.98. The van der Waals surface area contributed by atoms with Crippen LogP contribution in [-0.4, -0.2) is 25.3 Å². The van der Waals surface area contributed by atoms with Crippen LogP contribution in [0, 0.1) is 27.2 Å². The van der Waals surface area contributed by atoms with Gasteiger partial charge in [-0.2, -0.15) is 0 Å². The van der Waals surface area contributed by atoms with Crippen molar-refractivity contribution in [1.82, 2.24) is 9.55 Å². The number of imidazole rings is 1. The number of carbonyl (C=O) groups excluding carboxylic acids is 1. The topological polar surface area (TPSA) is 121 Å². The minimum atomic E-state index is -0.870. The van der Waals surface area contributed by atoms with E-state index in [1.807, 2.05) is 0 Å². The fourth-order valence-corrected chi connectivity index (χ4v) is 2.77. The number of benzene rings is 2. The summed E-state index contributed by atoms with van der Waals surface area (Å²) in [6, 6.07) is 8.43. The summed E-state index contributed by atoms with van der Waals surface area (Å²) in [6.45, 7) is 1.58. The minimum Gasteiger partial charge on any atom is -0.268 e. The number of rotatable bonds is 3. The third-order valence-corrected chi connectivity index (χ3v) is 4.00. The second-order valence-electron chi connectivity index (χ2n) is 5.13. The Balaban J connectivity index is 2.28. The van der Waals surface area contributed by atoms with Gasteiger partial charge < -0.3 is 0 Å². The molecular weight excluding hydrogens is 352 g/mol. The predicted octanol–water partition coefficient (Wildman–Crippen LogP) is 3.50.